The zero-order valence-electron chi connectivity index (χ0n) is 10.5. The lowest BCUT2D eigenvalue weighted by Gasteiger charge is -2.21. The molecule has 0 unspecified atom stereocenters. The van der Waals surface area contributed by atoms with Gasteiger partial charge in [0, 0.05) is 22.3 Å². The monoisotopic (exact) mass is 270 g/mol. The summed E-state index contributed by atoms with van der Waals surface area (Å²) < 4.78 is 0. The smallest absolute Gasteiger partial charge is 0.201 e. The molecule has 0 atom stereocenters. The van der Waals surface area contributed by atoms with E-state index >= 15 is 0 Å². The topological polar surface area (TPSA) is 94.8 Å². The van der Waals surface area contributed by atoms with Crippen molar-refractivity contribution in [2.45, 2.75) is 6.92 Å². The Balaban J connectivity index is 2.46. The Hall–Kier alpha value is -2.82. The first-order chi connectivity index (χ1) is 9.45. The molecule has 0 amide bonds. The molecule has 0 heterocycles. The first kappa shape index (κ1) is 12.2. The number of fused-ring (bicyclic) bond motifs is 2. The fourth-order valence-electron chi connectivity index (χ4n) is 2.49. The average Bonchev–Trinajstić information content (AvgIpc) is 2.46. The van der Waals surface area contributed by atoms with Gasteiger partial charge in [-0.15, -0.1) is 0 Å². The fourth-order valence-corrected chi connectivity index (χ4v) is 2.49. The second kappa shape index (κ2) is 3.84. The van der Waals surface area contributed by atoms with E-state index in [1.54, 1.807) is 12.1 Å². The van der Waals surface area contributed by atoms with Gasteiger partial charge in [-0.1, -0.05) is 24.3 Å². The Morgan fingerprint density at radius 3 is 1.80 bits per heavy atom. The molecule has 2 aromatic carbocycles. The molecular formula is C15H10O5. The van der Waals surface area contributed by atoms with Gasteiger partial charge in [0.1, 0.15) is 0 Å². The summed E-state index contributed by atoms with van der Waals surface area (Å²) in [5, 5.41) is 29.2. The Morgan fingerprint density at radius 2 is 1.25 bits per heavy atom. The van der Waals surface area contributed by atoms with E-state index in [1.165, 1.54) is 19.1 Å². The van der Waals surface area contributed by atoms with Crippen LogP contribution in [0.1, 0.15) is 37.4 Å². The molecule has 100 valence electrons. The molecule has 0 fully saturated rings. The normalized spacial score (nSPS) is 13.1. The van der Waals surface area contributed by atoms with E-state index < -0.39 is 28.8 Å². The zero-order chi connectivity index (χ0) is 14.6. The Morgan fingerprint density at radius 1 is 0.750 bits per heavy atom. The van der Waals surface area contributed by atoms with Gasteiger partial charge in [0.15, 0.2) is 23.1 Å². The number of ketones is 2. The average molecular weight is 270 g/mol. The molecule has 0 bridgehead atoms. The van der Waals surface area contributed by atoms with E-state index in [4.69, 9.17) is 0 Å². The van der Waals surface area contributed by atoms with Crippen molar-refractivity contribution in [1.82, 2.24) is 0 Å². The molecule has 0 saturated carbocycles. The molecular weight excluding hydrogens is 260 g/mol. The number of carbonyl (C=O) groups excluding carboxylic acids is 2. The maximum atomic E-state index is 12.4. The van der Waals surface area contributed by atoms with Gasteiger partial charge in [-0.2, -0.15) is 0 Å². The van der Waals surface area contributed by atoms with Gasteiger partial charge in [-0.05, 0) is 6.92 Å². The van der Waals surface area contributed by atoms with Crippen molar-refractivity contribution in [2.24, 2.45) is 0 Å². The fraction of sp³-hybridized carbons (Fsp3) is 0.0667. The van der Waals surface area contributed by atoms with Gasteiger partial charge >= 0.3 is 0 Å². The van der Waals surface area contributed by atoms with Crippen LogP contribution < -0.4 is 0 Å². The molecule has 3 N–H and O–H groups in total. The van der Waals surface area contributed by atoms with Gasteiger partial charge < -0.3 is 15.3 Å². The van der Waals surface area contributed by atoms with Crippen molar-refractivity contribution in [3.8, 4) is 17.2 Å². The predicted molar refractivity (Wildman–Crippen MR) is 69.5 cm³/mol. The van der Waals surface area contributed by atoms with Crippen LogP contribution in [-0.4, -0.2) is 26.9 Å². The van der Waals surface area contributed by atoms with Crippen LogP contribution in [0.3, 0.4) is 0 Å². The van der Waals surface area contributed by atoms with E-state index in [0.29, 0.717) is 0 Å². The number of phenols is 3. The Kier molecular flexibility index (Phi) is 2.34. The first-order valence-corrected chi connectivity index (χ1v) is 5.91. The molecule has 0 aliphatic heterocycles. The first-order valence-electron chi connectivity index (χ1n) is 5.91. The molecule has 3 rings (SSSR count). The molecule has 1 aliphatic carbocycles. The highest BCUT2D eigenvalue weighted by atomic mass is 16.3. The van der Waals surface area contributed by atoms with Crippen molar-refractivity contribution in [2.75, 3.05) is 0 Å². The second-order valence-corrected chi connectivity index (χ2v) is 4.62. The molecule has 5 heteroatoms. The number of benzene rings is 2. The van der Waals surface area contributed by atoms with Crippen LogP contribution in [0.15, 0.2) is 24.3 Å². The van der Waals surface area contributed by atoms with Crippen LogP contribution >= 0.6 is 0 Å². The third-order valence-electron chi connectivity index (χ3n) is 3.54. The summed E-state index contributed by atoms with van der Waals surface area (Å²) in [6.45, 7) is 1.41. The lowest BCUT2D eigenvalue weighted by molar-refractivity contribution is 0.0975. The van der Waals surface area contributed by atoms with E-state index in [0.717, 1.165) is 0 Å². The highest BCUT2D eigenvalue weighted by Crippen LogP contribution is 2.46. The Bertz CT molecular complexity index is 723. The lowest BCUT2D eigenvalue weighted by atomic mass is 9.81. The number of phenolic OH excluding ortho intramolecular Hbond substituents is 3. The quantitative estimate of drug-likeness (QED) is 0.542. The minimum Gasteiger partial charge on any atom is -0.504 e. The highest BCUT2D eigenvalue weighted by Gasteiger charge is 2.36. The van der Waals surface area contributed by atoms with Crippen LogP contribution in [0.4, 0.5) is 0 Å². The van der Waals surface area contributed by atoms with E-state index in [9.17, 15) is 24.9 Å². The molecule has 0 radical (unpaired) electrons. The van der Waals surface area contributed by atoms with Gasteiger partial charge in [0.05, 0.1) is 5.56 Å². The summed E-state index contributed by atoms with van der Waals surface area (Å²) >= 11 is 0. The third kappa shape index (κ3) is 1.31. The Labute approximate surface area is 113 Å². The molecule has 1 aliphatic rings. The summed E-state index contributed by atoms with van der Waals surface area (Å²) in [5.74, 6) is -3.16. The number of rotatable bonds is 0. The number of hydrogen-bond acceptors (Lipinski definition) is 5. The minimum atomic E-state index is -0.790. The van der Waals surface area contributed by atoms with E-state index in [1.807, 2.05) is 0 Å². The van der Waals surface area contributed by atoms with Gasteiger partial charge in [-0.25, -0.2) is 0 Å². The van der Waals surface area contributed by atoms with Crippen LogP contribution in [0.5, 0.6) is 17.2 Å². The van der Waals surface area contributed by atoms with Crippen molar-refractivity contribution in [3.05, 3.63) is 52.1 Å². The van der Waals surface area contributed by atoms with E-state index in [2.05, 4.69) is 0 Å². The zero-order valence-corrected chi connectivity index (χ0v) is 10.5. The summed E-state index contributed by atoms with van der Waals surface area (Å²) in [6.07, 6.45) is 0. The molecule has 5 nitrogen and oxygen atoms in total. The number of hydrogen-bond donors (Lipinski definition) is 3. The lowest BCUT2D eigenvalue weighted by Crippen LogP contribution is -2.22. The van der Waals surface area contributed by atoms with Gasteiger partial charge in [0.2, 0.25) is 5.75 Å². The standard InChI is InChI=1S/C15H10O5/c1-6-9-10(14(19)15(20)11(6)16)13(18)8-5-3-2-4-7(8)12(9)17/h2-5,16,19-20H,1H3. The summed E-state index contributed by atoms with van der Waals surface area (Å²) in [6, 6.07) is 6.24. The molecule has 20 heavy (non-hydrogen) atoms. The molecule has 0 aromatic heterocycles. The summed E-state index contributed by atoms with van der Waals surface area (Å²) in [4.78, 5) is 24.8. The van der Waals surface area contributed by atoms with E-state index in [-0.39, 0.29) is 27.8 Å². The molecule has 0 spiro atoms. The highest BCUT2D eigenvalue weighted by molar-refractivity contribution is 6.30. The van der Waals surface area contributed by atoms with Crippen molar-refractivity contribution >= 4 is 11.6 Å². The third-order valence-corrected chi connectivity index (χ3v) is 3.54. The van der Waals surface area contributed by atoms with Crippen molar-refractivity contribution in [1.29, 1.82) is 0 Å². The SMILES string of the molecule is Cc1c(O)c(O)c(O)c2c1C(=O)c1ccccc1C2=O. The number of aromatic hydroxyl groups is 3. The van der Waals surface area contributed by atoms with Crippen LogP contribution in [0, 0.1) is 6.92 Å². The second-order valence-electron chi connectivity index (χ2n) is 4.62. The number of carbonyl (C=O) groups is 2. The largest absolute Gasteiger partial charge is 0.504 e. The van der Waals surface area contributed by atoms with Crippen LogP contribution in [0.2, 0.25) is 0 Å². The van der Waals surface area contributed by atoms with Crippen molar-refractivity contribution in [3.63, 3.8) is 0 Å². The minimum absolute atomic E-state index is 0.0681. The maximum absolute atomic E-state index is 12.4. The summed E-state index contributed by atoms with van der Waals surface area (Å²) in [5.41, 5.74) is 0.133. The predicted octanol–water partition coefficient (Wildman–Crippen LogP) is 1.89. The van der Waals surface area contributed by atoms with Gasteiger partial charge in [-0.3, -0.25) is 9.59 Å². The molecule has 2 aromatic rings. The van der Waals surface area contributed by atoms with Gasteiger partial charge in [0.25, 0.3) is 0 Å². The summed E-state index contributed by atoms with van der Waals surface area (Å²) in [7, 11) is 0. The van der Waals surface area contributed by atoms with Crippen LogP contribution in [0.25, 0.3) is 0 Å². The van der Waals surface area contributed by atoms with Crippen molar-refractivity contribution < 1.29 is 24.9 Å². The molecule has 0 saturated heterocycles. The maximum Gasteiger partial charge on any atom is 0.201 e. The van der Waals surface area contributed by atoms with Crippen LogP contribution in [-0.2, 0) is 0 Å².